The molecular formula is C17H19NO2S. The third kappa shape index (κ3) is 4.92. The van der Waals surface area contributed by atoms with Crippen LogP contribution in [0.5, 0.6) is 0 Å². The number of amides is 1. The fourth-order valence-electron chi connectivity index (χ4n) is 1.79. The lowest BCUT2D eigenvalue weighted by atomic mass is 10.1. The van der Waals surface area contributed by atoms with Crippen LogP contribution < -0.4 is 5.32 Å². The maximum Gasteiger partial charge on any atom is 0.251 e. The summed E-state index contributed by atoms with van der Waals surface area (Å²) in [6.45, 7) is 1.71. The molecule has 2 rings (SSSR count). The van der Waals surface area contributed by atoms with Crippen molar-refractivity contribution in [2.45, 2.75) is 23.6 Å². The van der Waals surface area contributed by atoms with Gasteiger partial charge in [0.25, 0.3) is 5.91 Å². The Morgan fingerprint density at radius 3 is 2.43 bits per heavy atom. The Kier molecular flexibility index (Phi) is 5.84. The molecule has 0 aliphatic carbocycles. The van der Waals surface area contributed by atoms with E-state index in [2.05, 4.69) is 17.4 Å². The Bertz CT molecular complexity index is 569. The number of rotatable bonds is 6. The SMILES string of the molecule is CC(CO)NC(=O)c1ccc(CSc2ccccc2)cc1. The van der Waals surface area contributed by atoms with Gasteiger partial charge in [-0.1, -0.05) is 30.3 Å². The number of nitrogens with one attached hydrogen (secondary N) is 1. The Morgan fingerprint density at radius 2 is 1.81 bits per heavy atom. The van der Waals surface area contributed by atoms with E-state index in [-0.39, 0.29) is 18.6 Å². The molecule has 0 radical (unpaired) electrons. The highest BCUT2D eigenvalue weighted by Crippen LogP contribution is 2.22. The highest BCUT2D eigenvalue weighted by Gasteiger charge is 2.08. The zero-order chi connectivity index (χ0) is 15.1. The van der Waals surface area contributed by atoms with Crippen LogP contribution in [0.3, 0.4) is 0 Å². The Balaban J connectivity index is 1.91. The van der Waals surface area contributed by atoms with Crippen molar-refractivity contribution in [1.29, 1.82) is 0 Å². The minimum absolute atomic E-state index is 0.0580. The molecule has 21 heavy (non-hydrogen) atoms. The molecule has 0 saturated heterocycles. The largest absolute Gasteiger partial charge is 0.394 e. The summed E-state index contributed by atoms with van der Waals surface area (Å²) in [6, 6.07) is 17.6. The molecular weight excluding hydrogens is 282 g/mol. The second-order valence-corrected chi connectivity index (χ2v) is 5.90. The fraction of sp³-hybridized carbons (Fsp3) is 0.235. The molecule has 1 unspecified atom stereocenters. The van der Waals surface area contributed by atoms with Gasteiger partial charge in [0, 0.05) is 22.3 Å². The van der Waals surface area contributed by atoms with Gasteiger partial charge in [-0.05, 0) is 36.8 Å². The first-order chi connectivity index (χ1) is 10.2. The third-order valence-corrected chi connectivity index (χ3v) is 4.10. The van der Waals surface area contributed by atoms with Gasteiger partial charge in [0.15, 0.2) is 0 Å². The number of hydrogen-bond donors (Lipinski definition) is 2. The molecule has 1 atom stereocenters. The quantitative estimate of drug-likeness (QED) is 0.806. The van der Waals surface area contributed by atoms with Gasteiger partial charge >= 0.3 is 0 Å². The number of hydrogen-bond acceptors (Lipinski definition) is 3. The standard InChI is InChI=1S/C17H19NO2S/c1-13(11-19)18-17(20)15-9-7-14(8-10-15)12-21-16-5-3-2-4-6-16/h2-10,13,19H,11-12H2,1H3,(H,18,20). The fourth-order valence-corrected chi connectivity index (χ4v) is 2.66. The Hall–Kier alpha value is -1.78. The van der Waals surface area contributed by atoms with Crippen molar-refractivity contribution < 1.29 is 9.90 Å². The summed E-state index contributed by atoms with van der Waals surface area (Å²) in [7, 11) is 0. The van der Waals surface area contributed by atoms with Crippen LogP contribution in [0.1, 0.15) is 22.8 Å². The predicted octanol–water partition coefficient (Wildman–Crippen LogP) is 3.09. The van der Waals surface area contributed by atoms with Crippen LogP contribution in [-0.4, -0.2) is 23.7 Å². The van der Waals surface area contributed by atoms with Crippen molar-refractivity contribution in [2.75, 3.05) is 6.61 Å². The van der Waals surface area contributed by atoms with Gasteiger partial charge in [0.1, 0.15) is 0 Å². The van der Waals surface area contributed by atoms with E-state index < -0.39 is 0 Å². The van der Waals surface area contributed by atoms with Crippen LogP contribution in [0.4, 0.5) is 0 Å². The number of aliphatic hydroxyl groups is 1. The lowest BCUT2D eigenvalue weighted by Gasteiger charge is -2.11. The van der Waals surface area contributed by atoms with Crippen molar-refractivity contribution in [3.05, 3.63) is 65.7 Å². The molecule has 2 aromatic rings. The van der Waals surface area contributed by atoms with Crippen LogP contribution in [-0.2, 0) is 5.75 Å². The van der Waals surface area contributed by atoms with E-state index in [1.807, 2.05) is 42.5 Å². The highest BCUT2D eigenvalue weighted by molar-refractivity contribution is 7.98. The average molecular weight is 301 g/mol. The van der Waals surface area contributed by atoms with Gasteiger partial charge < -0.3 is 10.4 Å². The van der Waals surface area contributed by atoms with Gasteiger partial charge in [-0.3, -0.25) is 4.79 Å². The first-order valence-electron chi connectivity index (χ1n) is 6.87. The second kappa shape index (κ2) is 7.86. The summed E-state index contributed by atoms with van der Waals surface area (Å²) < 4.78 is 0. The zero-order valence-corrected chi connectivity index (χ0v) is 12.8. The molecule has 1 amide bonds. The van der Waals surface area contributed by atoms with Gasteiger partial charge in [-0.25, -0.2) is 0 Å². The van der Waals surface area contributed by atoms with Crippen LogP contribution in [0, 0.1) is 0 Å². The molecule has 0 aliphatic heterocycles. The molecule has 3 nitrogen and oxygen atoms in total. The maximum absolute atomic E-state index is 11.9. The minimum atomic E-state index is -0.231. The van der Waals surface area contributed by atoms with Crippen molar-refractivity contribution in [3.63, 3.8) is 0 Å². The third-order valence-electron chi connectivity index (χ3n) is 3.02. The molecule has 0 fully saturated rings. The highest BCUT2D eigenvalue weighted by atomic mass is 32.2. The zero-order valence-electron chi connectivity index (χ0n) is 12.0. The van der Waals surface area contributed by atoms with Crippen molar-refractivity contribution in [1.82, 2.24) is 5.32 Å². The first-order valence-corrected chi connectivity index (χ1v) is 7.86. The number of thioether (sulfide) groups is 1. The Labute approximate surface area is 129 Å². The van der Waals surface area contributed by atoms with Crippen molar-refractivity contribution in [3.8, 4) is 0 Å². The molecule has 0 aliphatic rings. The van der Waals surface area contributed by atoms with Crippen molar-refractivity contribution in [2.24, 2.45) is 0 Å². The molecule has 4 heteroatoms. The maximum atomic E-state index is 11.9. The van der Waals surface area contributed by atoms with E-state index >= 15 is 0 Å². The van der Waals surface area contributed by atoms with E-state index in [1.54, 1.807) is 18.7 Å². The van der Waals surface area contributed by atoms with Crippen LogP contribution in [0.15, 0.2) is 59.5 Å². The van der Waals surface area contributed by atoms with Gasteiger partial charge in [0.2, 0.25) is 0 Å². The van der Waals surface area contributed by atoms with Crippen LogP contribution in [0.2, 0.25) is 0 Å². The van der Waals surface area contributed by atoms with E-state index in [4.69, 9.17) is 5.11 Å². The van der Waals surface area contributed by atoms with Gasteiger partial charge in [0.05, 0.1) is 6.61 Å². The summed E-state index contributed by atoms with van der Waals surface area (Å²) in [6.07, 6.45) is 0. The lowest BCUT2D eigenvalue weighted by Crippen LogP contribution is -2.34. The number of carbonyl (C=O) groups is 1. The predicted molar refractivity (Wildman–Crippen MR) is 86.5 cm³/mol. The number of aliphatic hydroxyl groups excluding tert-OH is 1. The topological polar surface area (TPSA) is 49.3 Å². The van der Waals surface area contributed by atoms with E-state index in [0.717, 1.165) is 5.75 Å². The summed E-state index contributed by atoms with van der Waals surface area (Å²) in [5, 5.41) is 11.7. The van der Waals surface area contributed by atoms with Gasteiger partial charge in [-0.15, -0.1) is 11.8 Å². The molecule has 0 heterocycles. The molecule has 0 aromatic heterocycles. The molecule has 0 spiro atoms. The molecule has 0 saturated carbocycles. The average Bonchev–Trinajstić information content (AvgIpc) is 2.54. The van der Waals surface area contributed by atoms with E-state index in [1.165, 1.54) is 10.5 Å². The Morgan fingerprint density at radius 1 is 1.14 bits per heavy atom. The first kappa shape index (κ1) is 15.6. The second-order valence-electron chi connectivity index (χ2n) is 4.86. The summed E-state index contributed by atoms with van der Waals surface area (Å²) in [4.78, 5) is 13.1. The molecule has 2 N–H and O–H groups in total. The van der Waals surface area contributed by atoms with Crippen LogP contribution >= 0.6 is 11.8 Å². The monoisotopic (exact) mass is 301 g/mol. The van der Waals surface area contributed by atoms with Crippen molar-refractivity contribution >= 4 is 17.7 Å². The molecule has 110 valence electrons. The van der Waals surface area contributed by atoms with Crippen LogP contribution in [0.25, 0.3) is 0 Å². The van der Waals surface area contributed by atoms with E-state index in [9.17, 15) is 4.79 Å². The molecule has 2 aromatic carbocycles. The summed E-state index contributed by atoms with van der Waals surface area (Å²) in [5.41, 5.74) is 1.79. The summed E-state index contributed by atoms with van der Waals surface area (Å²) >= 11 is 1.77. The van der Waals surface area contributed by atoms with E-state index in [0.29, 0.717) is 5.56 Å². The number of carbonyl (C=O) groups excluding carboxylic acids is 1. The van der Waals surface area contributed by atoms with Gasteiger partial charge in [-0.2, -0.15) is 0 Å². The lowest BCUT2D eigenvalue weighted by molar-refractivity contribution is 0.0922. The normalized spacial score (nSPS) is 11.9. The molecule has 0 bridgehead atoms. The smallest absolute Gasteiger partial charge is 0.251 e. The number of benzene rings is 2. The minimum Gasteiger partial charge on any atom is -0.394 e. The summed E-state index contributed by atoms with van der Waals surface area (Å²) in [5.74, 6) is 0.720.